The number of likely N-dealkylation sites (tertiary alicyclic amines) is 1. The smallest absolute Gasteiger partial charge is 0.276 e. The zero-order valence-electron chi connectivity index (χ0n) is 15.9. The third-order valence-corrected chi connectivity index (χ3v) is 5.89. The van der Waals surface area contributed by atoms with Crippen LogP contribution in [-0.4, -0.2) is 43.6 Å². The summed E-state index contributed by atoms with van der Waals surface area (Å²) in [7, 11) is 0. The average Bonchev–Trinajstić information content (AvgIpc) is 3.32. The monoisotopic (exact) mass is 377 g/mol. The molecule has 0 aliphatic carbocycles. The van der Waals surface area contributed by atoms with Gasteiger partial charge in [0.2, 0.25) is 0 Å². The minimum atomic E-state index is 0.0204. The third-order valence-electron chi connectivity index (χ3n) is 5.89. The van der Waals surface area contributed by atoms with Crippen LogP contribution in [0.5, 0.6) is 0 Å². The number of fused-ring (bicyclic) bond motifs is 2. The number of aromatic nitrogens is 4. The van der Waals surface area contributed by atoms with Gasteiger partial charge in [0.15, 0.2) is 5.58 Å². The van der Waals surface area contributed by atoms with Crippen LogP contribution in [0.2, 0.25) is 0 Å². The van der Waals surface area contributed by atoms with Gasteiger partial charge >= 0.3 is 0 Å². The normalized spacial score (nSPS) is 16.3. The van der Waals surface area contributed by atoms with Gasteiger partial charge in [-0.05, 0) is 45.0 Å². The molecule has 0 atom stereocenters. The molecule has 4 aromatic rings. The van der Waals surface area contributed by atoms with Crippen LogP contribution in [0.1, 0.15) is 30.3 Å². The Morgan fingerprint density at radius 1 is 1.14 bits per heavy atom. The molecule has 144 valence electrons. The van der Waals surface area contributed by atoms with Crippen molar-refractivity contribution in [3.63, 3.8) is 0 Å². The minimum absolute atomic E-state index is 0.0204. The molecule has 7 heteroatoms. The molecule has 0 amide bonds. The lowest BCUT2D eigenvalue weighted by molar-refractivity contribution is 0.202. The first kappa shape index (κ1) is 17.2. The molecule has 1 fully saturated rings. The summed E-state index contributed by atoms with van der Waals surface area (Å²) in [4.78, 5) is 19.3. The molecular formula is C21H23N5O2. The largest absolute Gasteiger partial charge is 0.356 e. The average molecular weight is 377 g/mol. The SMILES string of the molecule is Cc1ncc2c(=O)n(CCN3CCC(c4noc5ccccc45)CC3)ccn12. The third kappa shape index (κ3) is 2.92. The van der Waals surface area contributed by atoms with Crippen LogP contribution in [-0.2, 0) is 6.54 Å². The van der Waals surface area contributed by atoms with Crippen LogP contribution in [0.3, 0.4) is 0 Å². The molecular weight excluding hydrogens is 354 g/mol. The van der Waals surface area contributed by atoms with Crippen molar-refractivity contribution in [1.82, 2.24) is 24.0 Å². The lowest BCUT2D eigenvalue weighted by atomic mass is 9.91. The maximum atomic E-state index is 12.6. The van der Waals surface area contributed by atoms with E-state index in [0.29, 0.717) is 18.0 Å². The van der Waals surface area contributed by atoms with Crippen molar-refractivity contribution < 1.29 is 4.52 Å². The maximum Gasteiger partial charge on any atom is 0.276 e. The Morgan fingerprint density at radius 3 is 2.82 bits per heavy atom. The van der Waals surface area contributed by atoms with Crippen LogP contribution in [0.25, 0.3) is 16.5 Å². The molecule has 0 bridgehead atoms. The van der Waals surface area contributed by atoms with E-state index in [-0.39, 0.29) is 5.56 Å². The van der Waals surface area contributed by atoms with Crippen molar-refractivity contribution in [2.45, 2.75) is 32.2 Å². The zero-order valence-corrected chi connectivity index (χ0v) is 15.9. The number of aryl methyl sites for hydroxylation is 1. The second-order valence-electron chi connectivity index (χ2n) is 7.54. The maximum absolute atomic E-state index is 12.6. The van der Waals surface area contributed by atoms with Crippen molar-refractivity contribution >= 4 is 16.5 Å². The molecule has 1 saturated heterocycles. The molecule has 4 heterocycles. The highest BCUT2D eigenvalue weighted by Crippen LogP contribution is 2.32. The Balaban J connectivity index is 1.23. The molecule has 7 nitrogen and oxygen atoms in total. The lowest BCUT2D eigenvalue weighted by Gasteiger charge is -2.31. The summed E-state index contributed by atoms with van der Waals surface area (Å²) >= 11 is 0. The van der Waals surface area contributed by atoms with Crippen LogP contribution < -0.4 is 5.56 Å². The van der Waals surface area contributed by atoms with Crippen molar-refractivity contribution in [2.75, 3.05) is 19.6 Å². The van der Waals surface area contributed by atoms with Crippen LogP contribution in [0.4, 0.5) is 0 Å². The Labute approximate surface area is 162 Å². The number of imidazole rings is 1. The fraction of sp³-hybridized carbons (Fsp3) is 0.381. The lowest BCUT2D eigenvalue weighted by Crippen LogP contribution is -2.37. The van der Waals surface area contributed by atoms with E-state index >= 15 is 0 Å². The standard InChI is InChI=1S/C21H23N5O2/c1-15-22-14-18-21(27)25(12-13-26(15)18)11-10-24-8-6-16(7-9-24)20-17-4-2-3-5-19(17)28-23-20/h2-5,12-14,16H,6-11H2,1H3. The van der Waals surface area contributed by atoms with Gasteiger partial charge < -0.3 is 14.0 Å². The molecule has 28 heavy (non-hydrogen) atoms. The van der Waals surface area contributed by atoms with Gasteiger partial charge in [0.25, 0.3) is 5.56 Å². The summed E-state index contributed by atoms with van der Waals surface area (Å²) in [5, 5.41) is 5.47. The van der Waals surface area contributed by atoms with Crippen LogP contribution in [0, 0.1) is 6.92 Å². The molecule has 0 saturated carbocycles. The Hall–Kier alpha value is -2.93. The zero-order chi connectivity index (χ0) is 19.1. The Bertz CT molecular complexity index is 1180. The van der Waals surface area contributed by atoms with Gasteiger partial charge in [0.05, 0.1) is 11.9 Å². The topological polar surface area (TPSA) is 68.6 Å². The van der Waals surface area contributed by atoms with E-state index < -0.39 is 0 Å². The number of para-hydroxylation sites is 1. The van der Waals surface area contributed by atoms with Crippen LogP contribution >= 0.6 is 0 Å². The molecule has 0 spiro atoms. The van der Waals surface area contributed by atoms with Gasteiger partial charge in [-0.2, -0.15) is 0 Å². The van der Waals surface area contributed by atoms with Crippen LogP contribution in [0.15, 0.2) is 52.2 Å². The summed E-state index contributed by atoms with van der Waals surface area (Å²) in [5.74, 6) is 1.27. The summed E-state index contributed by atoms with van der Waals surface area (Å²) in [5.41, 5.74) is 2.61. The number of benzene rings is 1. The van der Waals surface area contributed by atoms with E-state index in [9.17, 15) is 4.79 Å². The van der Waals surface area contributed by atoms with E-state index in [1.807, 2.05) is 41.9 Å². The van der Waals surface area contributed by atoms with Crippen molar-refractivity contribution in [2.24, 2.45) is 0 Å². The fourth-order valence-corrected chi connectivity index (χ4v) is 4.22. The number of piperidine rings is 1. The Kier molecular flexibility index (Phi) is 4.24. The second-order valence-corrected chi connectivity index (χ2v) is 7.54. The van der Waals surface area contributed by atoms with Crippen molar-refractivity contribution in [3.8, 4) is 0 Å². The highest BCUT2D eigenvalue weighted by Gasteiger charge is 2.24. The highest BCUT2D eigenvalue weighted by atomic mass is 16.5. The van der Waals surface area contributed by atoms with E-state index in [1.165, 1.54) is 0 Å². The first-order valence-electron chi connectivity index (χ1n) is 9.80. The molecule has 1 aliphatic rings. The number of rotatable bonds is 4. The van der Waals surface area contributed by atoms with Gasteiger partial charge in [-0.1, -0.05) is 17.3 Å². The molecule has 5 rings (SSSR count). The van der Waals surface area contributed by atoms with Gasteiger partial charge in [-0.25, -0.2) is 4.98 Å². The van der Waals surface area contributed by atoms with Crippen molar-refractivity contribution in [3.05, 3.63) is 64.7 Å². The van der Waals surface area contributed by atoms with E-state index in [4.69, 9.17) is 4.52 Å². The van der Waals surface area contributed by atoms with Crippen molar-refractivity contribution in [1.29, 1.82) is 0 Å². The minimum Gasteiger partial charge on any atom is -0.356 e. The summed E-state index contributed by atoms with van der Waals surface area (Å²) in [6.07, 6.45) is 7.56. The molecule has 0 unspecified atom stereocenters. The summed E-state index contributed by atoms with van der Waals surface area (Å²) in [6.45, 7) is 5.48. The predicted octanol–water partition coefficient (Wildman–Crippen LogP) is 2.83. The van der Waals surface area contributed by atoms with Gasteiger partial charge in [0.1, 0.15) is 11.3 Å². The highest BCUT2D eigenvalue weighted by molar-refractivity contribution is 5.79. The van der Waals surface area contributed by atoms with Gasteiger partial charge in [0, 0.05) is 36.8 Å². The number of nitrogens with zero attached hydrogens (tertiary/aromatic N) is 5. The molecule has 0 radical (unpaired) electrons. The first-order chi connectivity index (χ1) is 13.7. The predicted molar refractivity (Wildman–Crippen MR) is 107 cm³/mol. The second kappa shape index (κ2) is 6.91. The molecule has 1 aliphatic heterocycles. The number of hydrogen-bond donors (Lipinski definition) is 0. The fourth-order valence-electron chi connectivity index (χ4n) is 4.22. The van der Waals surface area contributed by atoms with E-state index in [1.54, 1.807) is 10.8 Å². The van der Waals surface area contributed by atoms with Gasteiger partial charge in [-0.3, -0.25) is 9.20 Å². The Morgan fingerprint density at radius 2 is 1.96 bits per heavy atom. The summed E-state index contributed by atoms with van der Waals surface area (Å²) < 4.78 is 9.10. The molecule has 0 N–H and O–H groups in total. The van der Waals surface area contributed by atoms with Gasteiger partial charge in [-0.15, -0.1) is 0 Å². The summed E-state index contributed by atoms with van der Waals surface area (Å²) in [6, 6.07) is 8.07. The molecule has 1 aromatic carbocycles. The van der Waals surface area contributed by atoms with E-state index in [0.717, 1.165) is 55.0 Å². The number of hydrogen-bond acceptors (Lipinski definition) is 5. The molecule has 3 aromatic heterocycles. The van der Waals surface area contributed by atoms with E-state index in [2.05, 4.69) is 21.1 Å². The first-order valence-corrected chi connectivity index (χ1v) is 9.80. The quantitative estimate of drug-likeness (QED) is 0.547.